The fourth-order valence-corrected chi connectivity index (χ4v) is 1.88. The fraction of sp³-hybridized carbons (Fsp3) is 0.500. The fourth-order valence-electron chi connectivity index (χ4n) is 1.88. The van der Waals surface area contributed by atoms with Crippen molar-refractivity contribution in [3.05, 3.63) is 35.9 Å². The van der Waals surface area contributed by atoms with E-state index in [-0.39, 0.29) is 12.4 Å². The number of carboxylic acids is 1. The van der Waals surface area contributed by atoms with E-state index in [0.717, 1.165) is 5.56 Å². The molecule has 110 valence electrons. The van der Waals surface area contributed by atoms with E-state index in [4.69, 9.17) is 9.84 Å². The Balaban J connectivity index is 2.74. The minimum absolute atomic E-state index is 0.0310. The van der Waals surface area contributed by atoms with Gasteiger partial charge in [-0.3, -0.25) is 9.59 Å². The predicted octanol–water partition coefficient (Wildman–Crippen LogP) is 3.05. The van der Waals surface area contributed by atoms with E-state index in [2.05, 4.69) is 0 Å². The van der Waals surface area contributed by atoms with Crippen LogP contribution in [0.25, 0.3) is 0 Å². The highest BCUT2D eigenvalue weighted by atomic mass is 16.6. The molecule has 1 aromatic carbocycles. The van der Waals surface area contributed by atoms with Crippen molar-refractivity contribution in [2.24, 2.45) is 5.92 Å². The first-order valence-electron chi connectivity index (χ1n) is 6.76. The van der Waals surface area contributed by atoms with Gasteiger partial charge in [0.2, 0.25) is 0 Å². The maximum absolute atomic E-state index is 12.2. The van der Waals surface area contributed by atoms with Gasteiger partial charge in [0.15, 0.2) is 0 Å². The molecule has 0 saturated heterocycles. The standard InChI is InChI=1S/C16H22O4/c1-16(2,3)20-15(19)13(9-10-14(17)18)11-12-7-5-4-6-8-12/h4-8,13H,9-11H2,1-3H3,(H,17,18). The lowest BCUT2D eigenvalue weighted by atomic mass is 9.94. The smallest absolute Gasteiger partial charge is 0.309 e. The first kappa shape index (κ1) is 16.2. The topological polar surface area (TPSA) is 63.6 Å². The number of hydrogen-bond acceptors (Lipinski definition) is 3. The van der Waals surface area contributed by atoms with Crippen LogP contribution in [0.15, 0.2) is 30.3 Å². The van der Waals surface area contributed by atoms with Crippen LogP contribution in [0.4, 0.5) is 0 Å². The molecule has 1 N–H and O–H groups in total. The molecule has 1 aromatic rings. The third-order valence-corrected chi connectivity index (χ3v) is 2.77. The Morgan fingerprint density at radius 2 is 1.80 bits per heavy atom. The van der Waals surface area contributed by atoms with Crippen molar-refractivity contribution < 1.29 is 19.4 Å². The van der Waals surface area contributed by atoms with Crippen molar-refractivity contribution in [1.29, 1.82) is 0 Å². The molecule has 0 aromatic heterocycles. The van der Waals surface area contributed by atoms with Gasteiger partial charge in [0.1, 0.15) is 5.60 Å². The number of esters is 1. The minimum atomic E-state index is -0.897. The molecule has 0 saturated carbocycles. The average molecular weight is 278 g/mol. The summed E-state index contributed by atoms with van der Waals surface area (Å²) in [6, 6.07) is 9.57. The van der Waals surface area contributed by atoms with Gasteiger partial charge in [-0.05, 0) is 39.2 Å². The second-order valence-corrected chi connectivity index (χ2v) is 5.85. The summed E-state index contributed by atoms with van der Waals surface area (Å²) in [7, 11) is 0. The highest BCUT2D eigenvalue weighted by Crippen LogP contribution is 2.19. The molecule has 4 heteroatoms. The number of carbonyl (C=O) groups is 2. The van der Waals surface area contributed by atoms with Crippen molar-refractivity contribution in [2.45, 2.75) is 45.6 Å². The number of aliphatic carboxylic acids is 1. The molecule has 1 rings (SSSR count). The van der Waals surface area contributed by atoms with Crippen LogP contribution in [-0.4, -0.2) is 22.6 Å². The van der Waals surface area contributed by atoms with Gasteiger partial charge in [-0.1, -0.05) is 30.3 Å². The van der Waals surface area contributed by atoms with Crippen LogP contribution >= 0.6 is 0 Å². The van der Waals surface area contributed by atoms with Crippen LogP contribution in [0.2, 0.25) is 0 Å². The Labute approximate surface area is 119 Å². The van der Waals surface area contributed by atoms with Crippen LogP contribution in [0.3, 0.4) is 0 Å². The minimum Gasteiger partial charge on any atom is -0.481 e. The molecule has 0 bridgehead atoms. The monoisotopic (exact) mass is 278 g/mol. The Bertz CT molecular complexity index is 445. The molecular formula is C16H22O4. The summed E-state index contributed by atoms with van der Waals surface area (Å²) in [5.41, 5.74) is 0.448. The van der Waals surface area contributed by atoms with Gasteiger partial charge in [-0.25, -0.2) is 0 Å². The number of carbonyl (C=O) groups excluding carboxylic acids is 1. The van der Waals surface area contributed by atoms with E-state index < -0.39 is 17.5 Å². The zero-order valence-corrected chi connectivity index (χ0v) is 12.3. The Morgan fingerprint density at radius 1 is 1.20 bits per heavy atom. The zero-order chi connectivity index (χ0) is 15.2. The number of hydrogen-bond donors (Lipinski definition) is 1. The molecule has 0 heterocycles. The molecular weight excluding hydrogens is 256 g/mol. The van der Waals surface area contributed by atoms with Crippen LogP contribution < -0.4 is 0 Å². The van der Waals surface area contributed by atoms with E-state index >= 15 is 0 Å². The van der Waals surface area contributed by atoms with Gasteiger partial charge in [0, 0.05) is 6.42 Å². The van der Waals surface area contributed by atoms with Gasteiger partial charge >= 0.3 is 11.9 Å². The molecule has 0 radical (unpaired) electrons. The van der Waals surface area contributed by atoms with Gasteiger partial charge in [0.25, 0.3) is 0 Å². The third kappa shape index (κ3) is 6.36. The molecule has 4 nitrogen and oxygen atoms in total. The predicted molar refractivity (Wildman–Crippen MR) is 76.4 cm³/mol. The summed E-state index contributed by atoms with van der Waals surface area (Å²) >= 11 is 0. The lowest BCUT2D eigenvalue weighted by Crippen LogP contribution is -2.30. The summed E-state index contributed by atoms with van der Waals surface area (Å²) in [5.74, 6) is -1.65. The average Bonchev–Trinajstić information content (AvgIpc) is 2.33. The molecule has 20 heavy (non-hydrogen) atoms. The highest BCUT2D eigenvalue weighted by molar-refractivity contribution is 5.74. The van der Waals surface area contributed by atoms with E-state index in [9.17, 15) is 9.59 Å². The molecule has 0 amide bonds. The summed E-state index contributed by atoms with van der Waals surface area (Å²) in [4.78, 5) is 22.9. The van der Waals surface area contributed by atoms with Crippen LogP contribution in [0.5, 0.6) is 0 Å². The molecule has 1 unspecified atom stereocenters. The van der Waals surface area contributed by atoms with E-state index in [0.29, 0.717) is 12.8 Å². The summed E-state index contributed by atoms with van der Waals surface area (Å²) in [6.07, 6.45) is 0.763. The number of carboxylic acid groups (broad SMARTS) is 1. The van der Waals surface area contributed by atoms with E-state index in [1.54, 1.807) is 0 Å². The van der Waals surface area contributed by atoms with E-state index in [1.165, 1.54) is 0 Å². The largest absolute Gasteiger partial charge is 0.481 e. The Hall–Kier alpha value is -1.84. The normalized spacial score (nSPS) is 12.8. The summed E-state index contributed by atoms with van der Waals surface area (Å²) < 4.78 is 5.37. The molecule has 1 atom stereocenters. The Kier molecular flexibility index (Phi) is 5.74. The number of ether oxygens (including phenoxy) is 1. The highest BCUT2D eigenvalue weighted by Gasteiger charge is 2.25. The number of rotatable bonds is 6. The van der Waals surface area contributed by atoms with E-state index in [1.807, 2.05) is 51.1 Å². The van der Waals surface area contributed by atoms with Gasteiger partial charge < -0.3 is 9.84 Å². The second kappa shape index (κ2) is 7.08. The molecule has 0 aliphatic heterocycles. The SMILES string of the molecule is CC(C)(C)OC(=O)C(CCC(=O)O)Cc1ccccc1. The summed E-state index contributed by atoms with van der Waals surface area (Å²) in [5, 5.41) is 8.79. The van der Waals surface area contributed by atoms with Crippen molar-refractivity contribution in [2.75, 3.05) is 0 Å². The quantitative estimate of drug-likeness (QED) is 0.812. The molecule has 0 spiro atoms. The summed E-state index contributed by atoms with van der Waals surface area (Å²) in [6.45, 7) is 5.42. The second-order valence-electron chi connectivity index (χ2n) is 5.85. The van der Waals surface area contributed by atoms with Crippen LogP contribution in [0, 0.1) is 5.92 Å². The van der Waals surface area contributed by atoms with Crippen LogP contribution in [-0.2, 0) is 20.7 Å². The number of benzene rings is 1. The first-order chi connectivity index (χ1) is 9.28. The van der Waals surface area contributed by atoms with Gasteiger partial charge in [0.05, 0.1) is 5.92 Å². The zero-order valence-electron chi connectivity index (χ0n) is 12.3. The van der Waals surface area contributed by atoms with Crippen molar-refractivity contribution in [1.82, 2.24) is 0 Å². The Morgan fingerprint density at radius 3 is 2.30 bits per heavy atom. The third-order valence-electron chi connectivity index (χ3n) is 2.77. The lowest BCUT2D eigenvalue weighted by molar-refractivity contribution is -0.160. The molecule has 0 aliphatic carbocycles. The van der Waals surface area contributed by atoms with Crippen molar-refractivity contribution >= 4 is 11.9 Å². The van der Waals surface area contributed by atoms with Crippen LogP contribution in [0.1, 0.15) is 39.2 Å². The molecule has 0 fully saturated rings. The molecule has 0 aliphatic rings. The van der Waals surface area contributed by atoms with Crippen molar-refractivity contribution in [3.63, 3.8) is 0 Å². The maximum atomic E-state index is 12.2. The maximum Gasteiger partial charge on any atom is 0.309 e. The van der Waals surface area contributed by atoms with Crippen molar-refractivity contribution in [3.8, 4) is 0 Å². The van der Waals surface area contributed by atoms with Gasteiger partial charge in [-0.2, -0.15) is 0 Å². The van der Waals surface area contributed by atoms with Gasteiger partial charge in [-0.15, -0.1) is 0 Å². The first-order valence-corrected chi connectivity index (χ1v) is 6.76. The lowest BCUT2D eigenvalue weighted by Gasteiger charge is -2.23.